The van der Waals surface area contributed by atoms with E-state index in [4.69, 9.17) is 26.0 Å². The van der Waals surface area contributed by atoms with Gasteiger partial charge in [0, 0.05) is 23.2 Å². The molecule has 0 spiro atoms. The highest BCUT2D eigenvalue weighted by Gasteiger charge is 2.51. The van der Waals surface area contributed by atoms with Crippen LogP contribution < -0.4 is 10.4 Å². The van der Waals surface area contributed by atoms with Crippen LogP contribution in [0.1, 0.15) is 27.7 Å². The molecule has 8 heteroatoms. The molecule has 1 fully saturated rings. The molecule has 1 aromatic heterocycles. The standard InChI is InChI=1S/C18H21BClNO4S/c1-17(2)18(3,4)25-19(24-17)11-8-15(26-10-11)13-7-6-12(9-14(13)20)21(5)16(22)23/h6-10H,1-5H3,(H,22,23). The number of carbonyl (C=O) groups is 1. The van der Waals surface area contributed by atoms with E-state index in [1.807, 2.05) is 45.2 Å². The van der Waals surface area contributed by atoms with E-state index in [-0.39, 0.29) is 11.2 Å². The minimum absolute atomic E-state index is 0.388. The van der Waals surface area contributed by atoms with Crippen molar-refractivity contribution in [1.29, 1.82) is 0 Å². The molecule has 0 bridgehead atoms. The summed E-state index contributed by atoms with van der Waals surface area (Å²) in [5.74, 6) is 0. The predicted octanol–water partition coefficient (Wildman–Crippen LogP) is 4.48. The molecule has 0 aliphatic carbocycles. The van der Waals surface area contributed by atoms with E-state index in [2.05, 4.69) is 0 Å². The van der Waals surface area contributed by atoms with Gasteiger partial charge in [-0.25, -0.2) is 4.79 Å². The van der Waals surface area contributed by atoms with E-state index in [1.165, 1.54) is 7.05 Å². The molecule has 1 amide bonds. The molecule has 0 unspecified atom stereocenters. The first-order valence-electron chi connectivity index (χ1n) is 8.22. The number of nitrogens with zero attached hydrogens (tertiary/aromatic N) is 1. The monoisotopic (exact) mass is 393 g/mol. The van der Waals surface area contributed by atoms with Gasteiger partial charge < -0.3 is 14.4 Å². The molecular weight excluding hydrogens is 373 g/mol. The van der Waals surface area contributed by atoms with Gasteiger partial charge in [-0.05, 0) is 62.8 Å². The lowest BCUT2D eigenvalue weighted by Gasteiger charge is -2.32. The fourth-order valence-electron chi connectivity index (χ4n) is 2.62. The van der Waals surface area contributed by atoms with Crippen LogP contribution in [0.5, 0.6) is 0 Å². The first kappa shape index (κ1) is 19.2. The van der Waals surface area contributed by atoms with Crippen molar-refractivity contribution in [3.8, 4) is 10.4 Å². The Morgan fingerprint density at radius 2 is 1.81 bits per heavy atom. The lowest BCUT2D eigenvalue weighted by atomic mass is 9.81. The lowest BCUT2D eigenvalue weighted by molar-refractivity contribution is 0.00578. The van der Waals surface area contributed by atoms with E-state index in [0.29, 0.717) is 10.7 Å². The molecule has 0 atom stereocenters. The largest absolute Gasteiger partial charge is 0.495 e. The Kier molecular flexibility index (Phi) is 4.86. The van der Waals surface area contributed by atoms with Crippen molar-refractivity contribution in [1.82, 2.24) is 0 Å². The Bertz CT molecular complexity index is 835. The van der Waals surface area contributed by atoms with Crippen LogP contribution in [0.2, 0.25) is 5.02 Å². The van der Waals surface area contributed by atoms with E-state index >= 15 is 0 Å². The first-order valence-corrected chi connectivity index (χ1v) is 9.48. The third-order valence-corrected chi connectivity index (χ3v) is 6.33. The van der Waals surface area contributed by atoms with Gasteiger partial charge in [-0.1, -0.05) is 11.6 Å². The zero-order valence-electron chi connectivity index (χ0n) is 15.4. The van der Waals surface area contributed by atoms with Gasteiger partial charge in [-0.3, -0.25) is 4.90 Å². The summed E-state index contributed by atoms with van der Waals surface area (Å²) in [6.45, 7) is 8.09. The molecule has 1 saturated heterocycles. The van der Waals surface area contributed by atoms with Crippen LogP contribution in [0.4, 0.5) is 10.5 Å². The fraction of sp³-hybridized carbons (Fsp3) is 0.389. The summed E-state index contributed by atoms with van der Waals surface area (Å²) in [6, 6.07) is 7.23. The van der Waals surface area contributed by atoms with Crippen molar-refractivity contribution in [2.45, 2.75) is 38.9 Å². The number of benzene rings is 1. The van der Waals surface area contributed by atoms with Gasteiger partial charge in [0.05, 0.1) is 16.2 Å². The molecule has 0 saturated carbocycles. The zero-order valence-corrected chi connectivity index (χ0v) is 16.9. The zero-order chi connectivity index (χ0) is 19.3. The molecule has 2 aromatic rings. The van der Waals surface area contributed by atoms with Gasteiger partial charge in [-0.15, -0.1) is 11.3 Å². The molecule has 1 N–H and O–H groups in total. The predicted molar refractivity (Wildman–Crippen MR) is 107 cm³/mol. The third-order valence-electron chi connectivity index (χ3n) is 5.04. The van der Waals surface area contributed by atoms with Gasteiger partial charge >= 0.3 is 13.2 Å². The summed E-state index contributed by atoms with van der Waals surface area (Å²) < 4.78 is 12.2. The van der Waals surface area contributed by atoms with E-state index in [9.17, 15) is 4.79 Å². The van der Waals surface area contributed by atoms with Crippen molar-refractivity contribution in [3.05, 3.63) is 34.7 Å². The highest BCUT2D eigenvalue weighted by molar-refractivity contribution is 7.14. The van der Waals surface area contributed by atoms with Crippen LogP contribution in [-0.4, -0.2) is 36.6 Å². The molecule has 5 nitrogen and oxygen atoms in total. The second kappa shape index (κ2) is 6.57. The number of carboxylic acid groups (broad SMARTS) is 1. The highest BCUT2D eigenvalue weighted by Crippen LogP contribution is 2.38. The van der Waals surface area contributed by atoms with Crippen molar-refractivity contribution in [3.63, 3.8) is 0 Å². The number of anilines is 1. The topological polar surface area (TPSA) is 59.0 Å². The third kappa shape index (κ3) is 3.36. The molecule has 26 heavy (non-hydrogen) atoms. The average Bonchev–Trinajstić information content (AvgIpc) is 3.09. The quantitative estimate of drug-likeness (QED) is 0.781. The van der Waals surface area contributed by atoms with E-state index in [0.717, 1.165) is 20.8 Å². The summed E-state index contributed by atoms with van der Waals surface area (Å²) >= 11 is 7.95. The van der Waals surface area contributed by atoms with Crippen molar-refractivity contribution in [2.75, 3.05) is 11.9 Å². The molecule has 138 valence electrons. The van der Waals surface area contributed by atoms with Crippen LogP contribution in [0, 0.1) is 0 Å². The van der Waals surface area contributed by atoms with Gasteiger partial charge in [-0.2, -0.15) is 0 Å². The van der Waals surface area contributed by atoms with Gasteiger partial charge in [0.25, 0.3) is 0 Å². The molecule has 1 aliphatic rings. The Morgan fingerprint density at radius 3 is 2.35 bits per heavy atom. The second-order valence-electron chi connectivity index (χ2n) is 7.34. The maximum atomic E-state index is 11.1. The number of thiophene rings is 1. The Balaban J connectivity index is 1.86. The molecule has 0 radical (unpaired) electrons. The molecule has 2 heterocycles. The smallest absolute Gasteiger partial charge is 0.465 e. The molecule has 3 rings (SSSR count). The van der Waals surface area contributed by atoms with Gasteiger partial charge in [0.15, 0.2) is 0 Å². The second-order valence-corrected chi connectivity index (χ2v) is 8.66. The number of rotatable bonds is 3. The maximum absolute atomic E-state index is 11.1. The molecule has 1 aromatic carbocycles. The number of halogens is 1. The van der Waals surface area contributed by atoms with E-state index in [1.54, 1.807) is 23.5 Å². The number of hydrogen-bond acceptors (Lipinski definition) is 4. The molecular formula is C18H21BClNO4S. The summed E-state index contributed by atoms with van der Waals surface area (Å²) in [6.07, 6.45) is -1.03. The average molecular weight is 394 g/mol. The van der Waals surface area contributed by atoms with Crippen molar-refractivity contribution < 1.29 is 19.2 Å². The lowest BCUT2D eigenvalue weighted by Crippen LogP contribution is -2.41. The molecule has 1 aliphatic heterocycles. The summed E-state index contributed by atoms with van der Waals surface area (Å²) in [7, 11) is 1.07. The SMILES string of the molecule is CN(C(=O)O)c1ccc(-c2cc(B3OC(C)(C)C(C)(C)O3)cs2)c(Cl)c1. The maximum Gasteiger partial charge on any atom is 0.495 e. The fourth-order valence-corrected chi connectivity index (χ4v) is 3.90. The van der Waals surface area contributed by atoms with Crippen molar-refractivity contribution in [2.24, 2.45) is 0 Å². The van der Waals surface area contributed by atoms with Crippen LogP contribution in [0.15, 0.2) is 29.6 Å². The van der Waals surface area contributed by atoms with Gasteiger partial charge in [0.1, 0.15) is 0 Å². The number of hydrogen-bond donors (Lipinski definition) is 1. The van der Waals surface area contributed by atoms with Crippen LogP contribution in [0.25, 0.3) is 10.4 Å². The Hall–Kier alpha value is -1.54. The number of amides is 1. The Labute approximate surface area is 162 Å². The highest BCUT2D eigenvalue weighted by atomic mass is 35.5. The van der Waals surface area contributed by atoms with Gasteiger partial charge in [0.2, 0.25) is 0 Å². The summed E-state index contributed by atoms with van der Waals surface area (Å²) in [5.41, 5.74) is 1.54. The first-order chi connectivity index (χ1) is 12.0. The van der Waals surface area contributed by atoms with Crippen molar-refractivity contribution >= 4 is 47.3 Å². The van der Waals surface area contributed by atoms with Crippen LogP contribution in [-0.2, 0) is 9.31 Å². The minimum Gasteiger partial charge on any atom is -0.465 e. The summed E-state index contributed by atoms with van der Waals surface area (Å²) in [5, 5.41) is 11.6. The normalized spacial score (nSPS) is 18.2. The van der Waals surface area contributed by atoms with Crippen LogP contribution in [0.3, 0.4) is 0 Å². The van der Waals surface area contributed by atoms with Crippen LogP contribution >= 0.6 is 22.9 Å². The Morgan fingerprint density at radius 1 is 1.19 bits per heavy atom. The summed E-state index contributed by atoms with van der Waals surface area (Å²) in [4.78, 5) is 13.2. The van der Waals surface area contributed by atoms with E-state index < -0.39 is 13.2 Å². The minimum atomic E-state index is -1.03.